The third-order valence-corrected chi connectivity index (χ3v) is 5.34. The summed E-state index contributed by atoms with van der Waals surface area (Å²) in [5.74, 6) is 1.02. The molecule has 1 aliphatic heterocycles. The number of aryl methyl sites for hydroxylation is 1. The van der Waals surface area contributed by atoms with Gasteiger partial charge in [-0.25, -0.2) is 0 Å². The van der Waals surface area contributed by atoms with E-state index in [1.165, 1.54) is 11.1 Å². The van der Waals surface area contributed by atoms with Gasteiger partial charge in [-0.1, -0.05) is 48.8 Å². The van der Waals surface area contributed by atoms with E-state index in [-0.39, 0.29) is 5.41 Å². The monoisotopic (exact) mass is 383 g/mol. The van der Waals surface area contributed by atoms with Crippen LogP contribution in [0.5, 0.6) is 0 Å². The Labute approximate surface area is 168 Å². The Bertz CT molecular complexity index is 744. The standard InChI is InChI=1S/C22H33N5O/c1-5-23-21(24-17-22(3,4)19-8-6-18(2)7-9-19)27-13-11-26(12-14-27)16-20-10-15-28-25-20/h6-10,15H,5,11-14,16-17H2,1-4H3,(H,23,24). The molecule has 2 aromatic rings. The van der Waals surface area contributed by atoms with E-state index in [0.29, 0.717) is 0 Å². The van der Waals surface area contributed by atoms with E-state index in [4.69, 9.17) is 9.52 Å². The topological polar surface area (TPSA) is 56.9 Å². The maximum atomic E-state index is 4.99. The molecule has 2 heterocycles. The molecule has 28 heavy (non-hydrogen) atoms. The number of nitrogens with zero attached hydrogens (tertiary/aromatic N) is 4. The summed E-state index contributed by atoms with van der Waals surface area (Å²) < 4.78 is 4.94. The molecule has 0 spiro atoms. The molecule has 0 bridgehead atoms. The molecule has 1 aromatic heterocycles. The van der Waals surface area contributed by atoms with Gasteiger partial charge in [-0.3, -0.25) is 9.89 Å². The molecule has 1 saturated heterocycles. The van der Waals surface area contributed by atoms with Gasteiger partial charge in [-0.15, -0.1) is 0 Å². The first-order valence-electron chi connectivity index (χ1n) is 10.2. The second kappa shape index (κ2) is 9.24. The summed E-state index contributed by atoms with van der Waals surface area (Å²) in [5, 5.41) is 7.49. The average molecular weight is 384 g/mol. The zero-order valence-corrected chi connectivity index (χ0v) is 17.6. The maximum Gasteiger partial charge on any atom is 0.194 e. The van der Waals surface area contributed by atoms with E-state index in [9.17, 15) is 0 Å². The van der Waals surface area contributed by atoms with Crippen molar-refractivity contribution in [3.63, 3.8) is 0 Å². The molecular formula is C22H33N5O. The number of nitrogens with one attached hydrogen (secondary N) is 1. The van der Waals surface area contributed by atoms with E-state index in [1.807, 2.05) is 6.07 Å². The quantitative estimate of drug-likeness (QED) is 0.614. The number of piperazine rings is 1. The van der Waals surface area contributed by atoms with Crippen molar-refractivity contribution in [3.8, 4) is 0 Å². The normalized spacial score (nSPS) is 16.4. The van der Waals surface area contributed by atoms with E-state index in [1.54, 1.807) is 6.26 Å². The smallest absolute Gasteiger partial charge is 0.194 e. The maximum absolute atomic E-state index is 4.99. The molecule has 6 nitrogen and oxygen atoms in total. The summed E-state index contributed by atoms with van der Waals surface area (Å²) in [6, 6.07) is 10.7. The molecule has 1 N–H and O–H groups in total. The predicted molar refractivity (Wildman–Crippen MR) is 114 cm³/mol. The second-order valence-corrected chi connectivity index (χ2v) is 8.17. The van der Waals surface area contributed by atoms with Crippen LogP contribution >= 0.6 is 0 Å². The Kier molecular flexibility index (Phi) is 6.73. The van der Waals surface area contributed by atoms with Crippen molar-refractivity contribution in [2.24, 2.45) is 4.99 Å². The molecule has 6 heteroatoms. The van der Waals surface area contributed by atoms with Gasteiger partial charge in [0, 0.05) is 50.7 Å². The lowest BCUT2D eigenvalue weighted by Gasteiger charge is -2.36. The number of hydrogen-bond acceptors (Lipinski definition) is 4. The first-order valence-corrected chi connectivity index (χ1v) is 10.2. The van der Waals surface area contributed by atoms with Gasteiger partial charge in [0.05, 0.1) is 12.2 Å². The van der Waals surface area contributed by atoms with E-state index in [2.05, 4.69) is 72.2 Å². The Hall–Kier alpha value is -2.34. The molecule has 1 aliphatic rings. The molecular weight excluding hydrogens is 350 g/mol. The molecule has 0 amide bonds. The van der Waals surface area contributed by atoms with Crippen LogP contribution < -0.4 is 5.32 Å². The van der Waals surface area contributed by atoms with Gasteiger partial charge in [-0.05, 0) is 19.4 Å². The lowest BCUT2D eigenvalue weighted by Crippen LogP contribution is -2.52. The van der Waals surface area contributed by atoms with Gasteiger partial charge >= 0.3 is 0 Å². The highest BCUT2D eigenvalue weighted by atomic mass is 16.5. The summed E-state index contributed by atoms with van der Waals surface area (Å²) >= 11 is 0. The molecule has 0 radical (unpaired) electrons. The highest BCUT2D eigenvalue weighted by molar-refractivity contribution is 5.80. The number of guanidine groups is 1. The first-order chi connectivity index (χ1) is 13.5. The van der Waals surface area contributed by atoms with Crippen LogP contribution in [0.4, 0.5) is 0 Å². The van der Waals surface area contributed by atoms with Gasteiger partial charge in [0.2, 0.25) is 0 Å². The molecule has 0 aliphatic carbocycles. The Morgan fingerprint density at radius 1 is 1.14 bits per heavy atom. The fraction of sp³-hybridized carbons (Fsp3) is 0.545. The minimum absolute atomic E-state index is 0.00312. The van der Waals surface area contributed by atoms with Gasteiger partial charge < -0.3 is 14.7 Å². The van der Waals surface area contributed by atoms with E-state index in [0.717, 1.165) is 57.5 Å². The molecule has 1 aromatic carbocycles. The third-order valence-electron chi connectivity index (χ3n) is 5.34. The van der Waals surface area contributed by atoms with Gasteiger partial charge in [0.15, 0.2) is 5.96 Å². The summed E-state index contributed by atoms with van der Waals surface area (Å²) in [4.78, 5) is 9.77. The minimum Gasteiger partial charge on any atom is -0.364 e. The largest absolute Gasteiger partial charge is 0.364 e. The van der Waals surface area contributed by atoms with Crippen LogP contribution in [0.2, 0.25) is 0 Å². The Morgan fingerprint density at radius 3 is 2.46 bits per heavy atom. The molecule has 3 rings (SSSR count). The number of benzene rings is 1. The lowest BCUT2D eigenvalue weighted by atomic mass is 9.84. The summed E-state index contributed by atoms with van der Waals surface area (Å²) in [5.41, 5.74) is 3.62. The average Bonchev–Trinajstić information content (AvgIpc) is 3.19. The van der Waals surface area contributed by atoms with Gasteiger partial charge in [0.1, 0.15) is 6.26 Å². The fourth-order valence-corrected chi connectivity index (χ4v) is 3.46. The van der Waals surface area contributed by atoms with Crippen LogP contribution in [-0.2, 0) is 12.0 Å². The minimum atomic E-state index is 0.00312. The Morgan fingerprint density at radius 2 is 1.86 bits per heavy atom. The van der Waals surface area contributed by atoms with Crippen LogP contribution in [0.3, 0.4) is 0 Å². The molecule has 0 saturated carbocycles. The lowest BCUT2D eigenvalue weighted by molar-refractivity contribution is 0.169. The van der Waals surface area contributed by atoms with Crippen LogP contribution in [0.15, 0.2) is 46.1 Å². The fourth-order valence-electron chi connectivity index (χ4n) is 3.46. The summed E-state index contributed by atoms with van der Waals surface area (Å²) in [6.07, 6.45) is 1.64. The van der Waals surface area contributed by atoms with Crippen LogP contribution in [0.25, 0.3) is 0 Å². The Balaban J connectivity index is 1.60. The summed E-state index contributed by atoms with van der Waals surface area (Å²) in [6.45, 7) is 15.2. The molecule has 1 fully saturated rings. The van der Waals surface area contributed by atoms with Gasteiger partial charge in [-0.2, -0.15) is 0 Å². The highest BCUT2D eigenvalue weighted by Crippen LogP contribution is 2.24. The van der Waals surface area contributed by atoms with Crippen molar-refractivity contribution in [2.45, 2.75) is 39.7 Å². The number of hydrogen-bond donors (Lipinski definition) is 1. The van der Waals surface area contributed by atoms with E-state index < -0.39 is 0 Å². The number of rotatable bonds is 6. The van der Waals surface area contributed by atoms with Crippen LogP contribution in [-0.4, -0.2) is 60.2 Å². The first kappa shape index (κ1) is 20.4. The molecule has 0 atom stereocenters. The number of aromatic nitrogens is 1. The summed E-state index contributed by atoms with van der Waals surface area (Å²) in [7, 11) is 0. The van der Waals surface area contributed by atoms with Crippen LogP contribution in [0.1, 0.15) is 37.6 Å². The third kappa shape index (κ3) is 5.35. The van der Waals surface area contributed by atoms with Crippen LogP contribution in [0, 0.1) is 6.92 Å². The zero-order valence-electron chi connectivity index (χ0n) is 17.6. The highest BCUT2D eigenvalue weighted by Gasteiger charge is 2.23. The molecule has 0 unspecified atom stereocenters. The molecule has 152 valence electrons. The van der Waals surface area contributed by atoms with Crippen molar-refractivity contribution in [2.75, 3.05) is 39.3 Å². The van der Waals surface area contributed by atoms with Crippen molar-refractivity contribution in [1.82, 2.24) is 20.3 Å². The van der Waals surface area contributed by atoms with Crippen molar-refractivity contribution >= 4 is 5.96 Å². The van der Waals surface area contributed by atoms with Crippen molar-refractivity contribution in [1.29, 1.82) is 0 Å². The van der Waals surface area contributed by atoms with Gasteiger partial charge in [0.25, 0.3) is 0 Å². The van der Waals surface area contributed by atoms with E-state index >= 15 is 0 Å². The predicted octanol–water partition coefficient (Wildman–Crippen LogP) is 3.04. The van der Waals surface area contributed by atoms with Crippen molar-refractivity contribution < 1.29 is 4.52 Å². The SMILES string of the molecule is CCNC(=NCC(C)(C)c1ccc(C)cc1)N1CCN(Cc2ccon2)CC1. The number of aliphatic imine (C=N–C) groups is 1. The second-order valence-electron chi connectivity index (χ2n) is 8.17. The van der Waals surface area contributed by atoms with Crippen molar-refractivity contribution in [3.05, 3.63) is 53.4 Å². The zero-order chi connectivity index (χ0) is 20.0.